The number of Topliss-reactive ketones (excluding diaryl/α,β-unsaturated/α-hetero) is 1. The lowest BCUT2D eigenvalue weighted by molar-refractivity contribution is -0.117. The molecule has 1 aromatic rings. The van der Waals surface area contributed by atoms with Crippen molar-refractivity contribution >= 4 is 5.78 Å². The maximum absolute atomic E-state index is 10.7. The normalized spacial score (nSPS) is 9.88. The van der Waals surface area contributed by atoms with E-state index in [0.717, 1.165) is 17.9 Å². The van der Waals surface area contributed by atoms with Crippen LogP contribution in [0.2, 0.25) is 0 Å². The van der Waals surface area contributed by atoms with Crippen molar-refractivity contribution in [2.45, 2.75) is 26.7 Å². The largest absolute Gasteiger partial charge is 0.490 e. The Hall–Kier alpha value is -1.51. The van der Waals surface area contributed by atoms with Crippen LogP contribution in [0.1, 0.15) is 26.7 Å². The number of benzene rings is 1. The molecule has 0 amide bonds. The zero-order chi connectivity index (χ0) is 11.8. The van der Waals surface area contributed by atoms with E-state index in [1.165, 1.54) is 0 Å². The summed E-state index contributed by atoms with van der Waals surface area (Å²) in [5.41, 5.74) is 0. The number of hydrogen-bond donors (Lipinski definition) is 0. The molecular weight excluding hydrogens is 204 g/mol. The molecule has 0 aromatic heterocycles. The molecule has 0 saturated carbocycles. The molecule has 0 aliphatic carbocycles. The van der Waals surface area contributed by atoms with Gasteiger partial charge >= 0.3 is 0 Å². The van der Waals surface area contributed by atoms with Crippen LogP contribution in [0.3, 0.4) is 0 Å². The van der Waals surface area contributed by atoms with Gasteiger partial charge in [-0.3, -0.25) is 0 Å². The third kappa shape index (κ3) is 4.34. The van der Waals surface area contributed by atoms with Crippen LogP contribution in [0.25, 0.3) is 0 Å². The number of rotatable bonds is 7. The van der Waals surface area contributed by atoms with Gasteiger partial charge in [-0.1, -0.05) is 12.1 Å². The van der Waals surface area contributed by atoms with Gasteiger partial charge in [-0.05, 0) is 32.4 Å². The summed E-state index contributed by atoms with van der Waals surface area (Å²) in [5.74, 6) is 1.70. The van der Waals surface area contributed by atoms with Gasteiger partial charge in [0.15, 0.2) is 11.5 Å². The average Bonchev–Trinajstić information content (AvgIpc) is 2.26. The van der Waals surface area contributed by atoms with Gasteiger partial charge in [0.05, 0.1) is 13.2 Å². The zero-order valence-electron chi connectivity index (χ0n) is 9.86. The molecule has 1 rings (SSSR count). The maximum atomic E-state index is 10.7. The Balaban J connectivity index is 2.43. The standard InChI is InChI=1S/C13H18O3/c1-3-15-12-8-4-5-9-13(12)16-10-6-7-11(2)14/h4-5,8-9H,3,6-7,10H2,1-2H3. The van der Waals surface area contributed by atoms with Gasteiger partial charge in [-0.2, -0.15) is 0 Å². The Kier molecular flexibility index (Phi) is 5.40. The van der Waals surface area contributed by atoms with E-state index in [1.807, 2.05) is 31.2 Å². The van der Waals surface area contributed by atoms with E-state index in [2.05, 4.69) is 0 Å². The third-order valence-electron chi connectivity index (χ3n) is 2.08. The first kappa shape index (κ1) is 12.6. The van der Waals surface area contributed by atoms with Crippen LogP contribution < -0.4 is 9.47 Å². The van der Waals surface area contributed by atoms with Crippen LogP contribution in [-0.4, -0.2) is 19.0 Å². The zero-order valence-corrected chi connectivity index (χ0v) is 9.86. The highest BCUT2D eigenvalue weighted by Crippen LogP contribution is 2.26. The second-order valence-electron chi connectivity index (χ2n) is 3.53. The van der Waals surface area contributed by atoms with Crippen LogP contribution in [0.4, 0.5) is 0 Å². The topological polar surface area (TPSA) is 35.5 Å². The van der Waals surface area contributed by atoms with Gasteiger partial charge in [0.1, 0.15) is 5.78 Å². The van der Waals surface area contributed by atoms with Crippen LogP contribution in [0.5, 0.6) is 11.5 Å². The van der Waals surface area contributed by atoms with E-state index in [-0.39, 0.29) is 5.78 Å². The predicted octanol–water partition coefficient (Wildman–Crippen LogP) is 2.83. The van der Waals surface area contributed by atoms with E-state index in [9.17, 15) is 4.79 Å². The molecule has 0 fully saturated rings. The molecule has 0 heterocycles. The molecule has 0 aliphatic rings. The first-order valence-corrected chi connectivity index (χ1v) is 5.58. The van der Waals surface area contributed by atoms with E-state index >= 15 is 0 Å². The first-order valence-electron chi connectivity index (χ1n) is 5.58. The van der Waals surface area contributed by atoms with Crippen molar-refractivity contribution in [2.24, 2.45) is 0 Å². The van der Waals surface area contributed by atoms with Crippen LogP contribution in [-0.2, 0) is 4.79 Å². The molecule has 16 heavy (non-hydrogen) atoms. The average molecular weight is 222 g/mol. The van der Waals surface area contributed by atoms with Crippen LogP contribution in [0.15, 0.2) is 24.3 Å². The lowest BCUT2D eigenvalue weighted by Gasteiger charge is -2.10. The summed E-state index contributed by atoms with van der Waals surface area (Å²) < 4.78 is 11.0. The molecule has 3 heteroatoms. The number of carbonyl (C=O) groups excluding carboxylic acids is 1. The smallest absolute Gasteiger partial charge is 0.161 e. The second kappa shape index (κ2) is 6.88. The third-order valence-corrected chi connectivity index (χ3v) is 2.08. The molecule has 0 radical (unpaired) electrons. The second-order valence-corrected chi connectivity index (χ2v) is 3.53. The summed E-state index contributed by atoms with van der Waals surface area (Å²) in [7, 11) is 0. The van der Waals surface area contributed by atoms with Gasteiger partial charge in [0.25, 0.3) is 0 Å². The SMILES string of the molecule is CCOc1ccccc1OCCCC(C)=O. The van der Waals surface area contributed by atoms with Crippen molar-refractivity contribution in [1.29, 1.82) is 0 Å². The molecular formula is C13H18O3. The van der Waals surface area contributed by atoms with Gasteiger partial charge in [-0.15, -0.1) is 0 Å². The number of hydrogen-bond acceptors (Lipinski definition) is 3. The summed E-state index contributed by atoms with van der Waals surface area (Å²) in [6, 6.07) is 7.57. The highest BCUT2D eigenvalue weighted by molar-refractivity contribution is 5.75. The van der Waals surface area contributed by atoms with Crippen molar-refractivity contribution in [2.75, 3.05) is 13.2 Å². The van der Waals surface area contributed by atoms with Gasteiger partial charge in [0, 0.05) is 6.42 Å². The number of carbonyl (C=O) groups is 1. The Morgan fingerprint density at radius 3 is 2.38 bits per heavy atom. The summed E-state index contributed by atoms with van der Waals surface area (Å²) in [6.07, 6.45) is 1.31. The fourth-order valence-electron chi connectivity index (χ4n) is 1.35. The molecule has 3 nitrogen and oxygen atoms in total. The van der Waals surface area contributed by atoms with Crippen LogP contribution >= 0.6 is 0 Å². The summed E-state index contributed by atoms with van der Waals surface area (Å²) in [4.78, 5) is 10.7. The monoisotopic (exact) mass is 222 g/mol. The predicted molar refractivity (Wildman–Crippen MR) is 63.0 cm³/mol. The van der Waals surface area contributed by atoms with Gasteiger partial charge in [-0.25, -0.2) is 0 Å². The Labute approximate surface area is 96.4 Å². The Morgan fingerprint density at radius 1 is 1.19 bits per heavy atom. The van der Waals surface area contributed by atoms with Crippen molar-refractivity contribution in [3.63, 3.8) is 0 Å². The molecule has 0 N–H and O–H groups in total. The van der Waals surface area contributed by atoms with Crippen molar-refractivity contribution < 1.29 is 14.3 Å². The maximum Gasteiger partial charge on any atom is 0.161 e. The van der Waals surface area contributed by atoms with E-state index in [0.29, 0.717) is 19.6 Å². The van der Waals surface area contributed by atoms with Gasteiger partial charge < -0.3 is 14.3 Å². The summed E-state index contributed by atoms with van der Waals surface area (Å²) in [5, 5.41) is 0. The lowest BCUT2D eigenvalue weighted by atomic mass is 10.2. The molecule has 88 valence electrons. The highest BCUT2D eigenvalue weighted by Gasteiger charge is 2.03. The van der Waals surface area contributed by atoms with Crippen LogP contribution in [0, 0.1) is 0 Å². The van der Waals surface area contributed by atoms with Crippen molar-refractivity contribution in [1.82, 2.24) is 0 Å². The highest BCUT2D eigenvalue weighted by atomic mass is 16.5. The summed E-state index contributed by atoms with van der Waals surface area (Å²) >= 11 is 0. The first-order chi connectivity index (χ1) is 7.74. The minimum atomic E-state index is 0.196. The molecule has 1 aromatic carbocycles. The minimum absolute atomic E-state index is 0.196. The molecule has 0 saturated heterocycles. The molecule has 0 bridgehead atoms. The lowest BCUT2D eigenvalue weighted by Crippen LogP contribution is -2.02. The quantitative estimate of drug-likeness (QED) is 0.665. The number of ketones is 1. The van der Waals surface area contributed by atoms with E-state index in [4.69, 9.17) is 9.47 Å². The molecule has 0 atom stereocenters. The van der Waals surface area contributed by atoms with E-state index < -0.39 is 0 Å². The number of ether oxygens (including phenoxy) is 2. The number of para-hydroxylation sites is 2. The summed E-state index contributed by atoms with van der Waals surface area (Å²) in [6.45, 7) is 4.69. The van der Waals surface area contributed by atoms with Crippen molar-refractivity contribution in [3.05, 3.63) is 24.3 Å². The molecule has 0 aliphatic heterocycles. The van der Waals surface area contributed by atoms with Gasteiger partial charge in [0.2, 0.25) is 0 Å². The minimum Gasteiger partial charge on any atom is -0.490 e. The van der Waals surface area contributed by atoms with Crippen molar-refractivity contribution in [3.8, 4) is 11.5 Å². The fraction of sp³-hybridized carbons (Fsp3) is 0.462. The van der Waals surface area contributed by atoms with E-state index in [1.54, 1.807) is 6.92 Å². The molecule has 0 spiro atoms. The molecule has 0 unspecified atom stereocenters. The Bertz CT molecular complexity index is 334. The Morgan fingerprint density at radius 2 is 1.81 bits per heavy atom. The fourth-order valence-corrected chi connectivity index (χ4v) is 1.35.